The van der Waals surface area contributed by atoms with Crippen LogP contribution in [0.4, 0.5) is 0 Å². The number of amides is 2. The van der Waals surface area contributed by atoms with Gasteiger partial charge in [0.25, 0.3) is 5.91 Å². The SMILES string of the molecule is COC(=O)[C@H](c1ccccc1Cl)N1CCN(C(=O)CCNC(=O)c2cccc(C)c2)CC1. The van der Waals surface area contributed by atoms with Crippen molar-refractivity contribution in [2.75, 3.05) is 39.8 Å². The molecule has 3 rings (SSSR count). The summed E-state index contributed by atoms with van der Waals surface area (Å²) >= 11 is 6.32. The second-order valence-corrected chi connectivity index (χ2v) is 8.15. The van der Waals surface area contributed by atoms with Crippen LogP contribution in [0.3, 0.4) is 0 Å². The number of piperazine rings is 1. The van der Waals surface area contributed by atoms with E-state index in [0.717, 1.165) is 5.56 Å². The lowest BCUT2D eigenvalue weighted by Gasteiger charge is -2.38. The number of benzene rings is 2. The summed E-state index contributed by atoms with van der Waals surface area (Å²) < 4.78 is 5.01. The van der Waals surface area contributed by atoms with E-state index in [1.807, 2.05) is 48.2 Å². The average molecular weight is 458 g/mol. The molecule has 1 atom stereocenters. The van der Waals surface area contributed by atoms with Crippen LogP contribution in [0, 0.1) is 6.92 Å². The lowest BCUT2D eigenvalue weighted by Crippen LogP contribution is -2.51. The van der Waals surface area contributed by atoms with Crippen molar-refractivity contribution in [1.29, 1.82) is 0 Å². The van der Waals surface area contributed by atoms with Crippen molar-refractivity contribution >= 4 is 29.4 Å². The summed E-state index contributed by atoms with van der Waals surface area (Å²) in [5.41, 5.74) is 2.28. The van der Waals surface area contributed by atoms with Gasteiger partial charge in [-0.3, -0.25) is 14.5 Å². The van der Waals surface area contributed by atoms with Crippen molar-refractivity contribution in [3.63, 3.8) is 0 Å². The number of nitrogens with zero attached hydrogens (tertiary/aromatic N) is 2. The third-order valence-corrected chi connectivity index (χ3v) is 5.91. The Morgan fingerprint density at radius 2 is 1.78 bits per heavy atom. The molecule has 1 fully saturated rings. The second-order valence-electron chi connectivity index (χ2n) is 7.74. The zero-order valence-corrected chi connectivity index (χ0v) is 19.1. The normalized spacial score (nSPS) is 15.2. The Morgan fingerprint density at radius 1 is 1.06 bits per heavy atom. The standard InChI is InChI=1S/C24H28ClN3O4/c1-17-6-5-7-18(16-17)23(30)26-11-10-21(29)27-12-14-28(15-13-27)22(24(31)32-2)19-8-3-4-9-20(19)25/h3-9,16,22H,10-15H2,1-2H3,(H,26,30)/t22-/m0/s1. The third kappa shape index (κ3) is 5.87. The van der Waals surface area contributed by atoms with E-state index in [9.17, 15) is 14.4 Å². The van der Waals surface area contributed by atoms with Crippen LogP contribution >= 0.6 is 11.6 Å². The van der Waals surface area contributed by atoms with Crippen LogP contribution < -0.4 is 5.32 Å². The van der Waals surface area contributed by atoms with Crippen molar-refractivity contribution in [1.82, 2.24) is 15.1 Å². The molecule has 8 heteroatoms. The van der Waals surface area contributed by atoms with E-state index >= 15 is 0 Å². The van der Waals surface area contributed by atoms with E-state index in [4.69, 9.17) is 16.3 Å². The Balaban J connectivity index is 1.51. The van der Waals surface area contributed by atoms with Crippen molar-refractivity contribution in [2.24, 2.45) is 0 Å². The summed E-state index contributed by atoms with van der Waals surface area (Å²) in [6, 6.07) is 13.9. The first-order valence-corrected chi connectivity index (χ1v) is 11.0. The van der Waals surface area contributed by atoms with E-state index in [0.29, 0.717) is 42.3 Å². The van der Waals surface area contributed by atoms with Gasteiger partial charge in [0.05, 0.1) is 7.11 Å². The number of esters is 1. The number of hydrogen-bond acceptors (Lipinski definition) is 5. The summed E-state index contributed by atoms with van der Waals surface area (Å²) in [5.74, 6) is -0.592. The molecule has 170 valence electrons. The molecule has 0 aromatic heterocycles. The lowest BCUT2D eigenvalue weighted by molar-refractivity contribution is -0.148. The number of carbonyl (C=O) groups is 3. The van der Waals surface area contributed by atoms with Gasteiger partial charge in [0.15, 0.2) is 0 Å². The van der Waals surface area contributed by atoms with Gasteiger partial charge in [-0.15, -0.1) is 0 Å². The fourth-order valence-electron chi connectivity index (χ4n) is 3.84. The molecule has 0 bridgehead atoms. The smallest absolute Gasteiger partial charge is 0.327 e. The Morgan fingerprint density at radius 3 is 2.44 bits per heavy atom. The molecule has 1 aliphatic rings. The van der Waals surface area contributed by atoms with Crippen molar-refractivity contribution in [3.8, 4) is 0 Å². The van der Waals surface area contributed by atoms with E-state index in [1.54, 1.807) is 17.0 Å². The quantitative estimate of drug-likeness (QED) is 0.647. The summed E-state index contributed by atoms with van der Waals surface area (Å²) in [5, 5.41) is 3.31. The Labute approximate surface area is 193 Å². The van der Waals surface area contributed by atoms with E-state index in [2.05, 4.69) is 5.32 Å². The highest BCUT2D eigenvalue weighted by Gasteiger charge is 2.33. The van der Waals surface area contributed by atoms with Gasteiger partial charge in [-0.05, 0) is 30.7 Å². The van der Waals surface area contributed by atoms with Crippen molar-refractivity contribution < 1.29 is 19.1 Å². The predicted octanol–water partition coefficient (Wildman–Crippen LogP) is 2.83. The van der Waals surface area contributed by atoms with Gasteiger partial charge in [-0.25, -0.2) is 4.79 Å². The first-order valence-electron chi connectivity index (χ1n) is 10.6. The summed E-state index contributed by atoms with van der Waals surface area (Å²) in [6.45, 7) is 4.22. The molecule has 0 saturated carbocycles. The summed E-state index contributed by atoms with van der Waals surface area (Å²) in [4.78, 5) is 41.1. The number of aryl methyl sites for hydroxylation is 1. The van der Waals surface area contributed by atoms with E-state index in [-0.39, 0.29) is 30.7 Å². The molecule has 0 spiro atoms. The average Bonchev–Trinajstić information content (AvgIpc) is 2.80. The first-order chi connectivity index (χ1) is 15.4. The molecule has 1 saturated heterocycles. The molecule has 2 aromatic carbocycles. The minimum atomic E-state index is -0.612. The van der Waals surface area contributed by atoms with Crippen LogP contribution in [0.1, 0.15) is 33.9 Å². The maximum Gasteiger partial charge on any atom is 0.327 e. The Bertz CT molecular complexity index is 973. The lowest BCUT2D eigenvalue weighted by atomic mass is 10.0. The largest absolute Gasteiger partial charge is 0.468 e. The minimum Gasteiger partial charge on any atom is -0.468 e. The van der Waals surface area contributed by atoms with Gasteiger partial charge in [0.1, 0.15) is 6.04 Å². The first kappa shape index (κ1) is 23.8. The Hall–Kier alpha value is -2.90. The molecule has 2 aromatic rings. The van der Waals surface area contributed by atoms with Gasteiger partial charge in [-0.2, -0.15) is 0 Å². The number of carbonyl (C=O) groups excluding carboxylic acids is 3. The van der Waals surface area contributed by atoms with E-state index < -0.39 is 6.04 Å². The molecule has 1 N–H and O–H groups in total. The zero-order chi connectivity index (χ0) is 23.1. The van der Waals surface area contributed by atoms with Gasteiger partial charge in [0, 0.05) is 49.7 Å². The number of methoxy groups -OCH3 is 1. The third-order valence-electron chi connectivity index (χ3n) is 5.56. The zero-order valence-electron chi connectivity index (χ0n) is 18.3. The van der Waals surface area contributed by atoms with Gasteiger partial charge in [0.2, 0.25) is 5.91 Å². The van der Waals surface area contributed by atoms with Crippen LogP contribution in [-0.4, -0.2) is 67.4 Å². The molecule has 2 amide bonds. The predicted molar refractivity (Wildman–Crippen MR) is 122 cm³/mol. The highest BCUT2D eigenvalue weighted by atomic mass is 35.5. The maximum atomic E-state index is 12.6. The minimum absolute atomic E-state index is 0.0263. The number of halogens is 1. The topological polar surface area (TPSA) is 79.0 Å². The maximum absolute atomic E-state index is 12.6. The molecule has 0 aliphatic carbocycles. The molecule has 1 aliphatic heterocycles. The highest BCUT2D eigenvalue weighted by Crippen LogP contribution is 2.29. The van der Waals surface area contributed by atoms with Crippen LogP contribution in [0.15, 0.2) is 48.5 Å². The number of nitrogens with one attached hydrogen (secondary N) is 1. The molecule has 0 radical (unpaired) electrons. The molecule has 1 heterocycles. The molecule has 32 heavy (non-hydrogen) atoms. The molecular weight excluding hydrogens is 430 g/mol. The van der Waals surface area contributed by atoms with E-state index in [1.165, 1.54) is 7.11 Å². The van der Waals surface area contributed by atoms with Gasteiger partial charge >= 0.3 is 5.97 Å². The van der Waals surface area contributed by atoms with Gasteiger partial charge < -0.3 is 15.0 Å². The number of hydrogen-bond donors (Lipinski definition) is 1. The van der Waals surface area contributed by atoms with Crippen LogP contribution in [0.5, 0.6) is 0 Å². The molecule has 7 nitrogen and oxygen atoms in total. The summed E-state index contributed by atoms with van der Waals surface area (Å²) in [6.07, 6.45) is 0.225. The summed E-state index contributed by atoms with van der Waals surface area (Å²) in [7, 11) is 1.36. The Kier molecular flexibility index (Phi) is 8.25. The molecular formula is C24H28ClN3O4. The van der Waals surface area contributed by atoms with Crippen LogP contribution in [0.25, 0.3) is 0 Å². The van der Waals surface area contributed by atoms with Gasteiger partial charge in [-0.1, -0.05) is 47.5 Å². The van der Waals surface area contributed by atoms with Crippen LogP contribution in [-0.2, 0) is 14.3 Å². The van der Waals surface area contributed by atoms with Crippen LogP contribution in [0.2, 0.25) is 5.02 Å². The number of rotatable bonds is 7. The second kappa shape index (κ2) is 11.1. The van der Waals surface area contributed by atoms with Crippen molar-refractivity contribution in [3.05, 3.63) is 70.2 Å². The fourth-order valence-corrected chi connectivity index (χ4v) is 4.08. The molecule has 0 unspecified atom stereocenters. The monoisotopic (exact) mass is 457 g/mol. The highest BCUT2D eigenvalue weighted by molar-refractivity contribution is 6.31. The van der Waals surface area contributed by atoms with Crippen molar-refractivity contribution in [2.45, 2.75) is 19.4 Å². The number of ether oxygens (including phenoxy) is 1. The fraction of sp³-hybridized carbons (Fsp3) is 0.375.